The van der Waals surface area contributed by atoms with Crippen molar-refractivity contribution in [1.82, 2.24) is 19.9 Å². The molecule has 0 aromatic carbocycles. The summed E-state index contributed by atoms with van der Waals surface area (Å²) in [6.07, 6.45) is 2.76. The summed E-state index contributed by atoms with van der Waals surface area (Å²) in [5.41, 5.74) is 3.47. The number of hydrogen-bond donors (Lipinski definition) is 0. The average molecular weight is 337 g/mol. The molecule has 2 atom stereocenters. The van der Waals surface area contributed by atoms with Crippen molar-refractivity contribution in [2.45, 2.75) is 33.2 Å². The van der Waals surface area contributed by atoms with Crippen LogP contribution in [0.3, 0.4) is 0 Å². The third kappa shape index (κ3) is 2.86. The van der Waals surface area contributed by atoms with E-state index in [0.29, 0.717) is 17.5 Å². The molecule has 2 aromatic rings. The molecule has 1 amide bonds. The van der Waals surface area contributed by atoms with E-state index >= 15 is 0 Å². The predicted molar refractivity (Wildman–Crippen MR) is 95.6 cm³/mol. The average Bonchev–Trinajstić information content (AvgIpc) is 2.55. The molecule has 6 heteroatoms. The molecular formula is C19H23N5O. The summed E-state index contributed by atoms with van der Waals surface area (Å²) in [7, 11) is 0. The summed E-state index contributed by atoms with van der Waals surface area (Å²) >= 11 is 0. The molecule has 0 spiro atoms. The first-order valence-corrected chi connectivity index (χ1v) is 8.83. The van der Waals surface area contributed by atoms with Gasteiger partial charge in [0.1, 0.15) is 0 Å². The summed E-state index contributed by atoms with van der Waals surface area (Å²) in [5, 5.41) is 0. The van der Waals surface area contributed by atoms with E-state index in [0.717, 1.165) is 49.1 Å². The van der Waals surface area contributed by atoms with E-state index in [1.165, 1.54) is 0 Å². The molecule has 0 saturated carbocycles. The molecule has 6 nitrogen and oxygen atoms in total. The second-order valence-electron chi connectivity index (χ2n) is 7.11. The van der Waals surface area contributed by atoms with Gasteiger partial charge in [0, 0.05) is 48.8 Å². The zero-order chi connectivity index (χ0) is 17.6. The van der Waals surface area contributed by atoms with Gasteiger partial charge in [0.05, 0.1) is 11.6 Å². The molecule has 25 heavy (non-hydrogen) atoms. The molecular weight excluding hydrogens is 314 g/mol. The van der Waals surface area contributed by atoms with Gasteiger partial charge in [-0.3, -0.25) is 9.78 Å². The first-order valence-electron chi connectivity index (χ1n) is 8.83. The molecule has 4 rings (SSSR count). The minimum atomic E-state index is 0.0808. The van der Waals surface area contributed by atoms with Crippen molar-refractivity contribution in [2.75, 3.05) is 24.5 Å². The standard InChI is InChI=1S/C19H23N5O/c1-12-9-13(2)22-19(21-12)24-10-15-6-8-23(11-17(15)24)18(25)16-5-4-7-20-14(16)3/h4-5,7,9,15,17H,6,8,10-11H2,1-3H3/t15-,17-/m0/s1. The van der Waals surface area contributed by atoms with Crippen LogP contribution in [-0.4, -0.2) is 51.4 Å². The number of aryl methyl sites for hydroxylation is 3. The highest BCUT2D eigenvalue weighted by Gasteiger charge is 2.45. The lowest BCUT2D eigenvalue weighted by atomic mass is 9.82. The number of anilines is 1. The number of amides is 1. The van der Waals surface area contributed by atoms with Gasteiger partial charge in [-0.25, -0.2) is 9.97 Å². The van der Waals surface area contributed by atoms with Crippen LogP contribution in [0.2, 0.25) is 0 Å². The van der Waals surface area contributed by atoms with Crippen molar-refractivity contribution in [1.29, 1.82) is 0 Å². The quantitative estimate of drug-likeness (QED) is 0.840. The number of nitrogens with zero attached hydrogens (tertiary/aromatic N) is 5. The molecule has 2 saturated heterocycles. The lowest BCUT2D eigenvalue weighted by Gasteiger charge is -2.53. The van der Waals surface area contributed by atoms with E-state index in [-0.39, 0.29) is 5.91 Å². The molecule has 2 aromatic heterocycles. The fourth-order valence-corrected chi connectivity index (χ4v) is 3.93. The van der Waals surface area contributed by atoms with Gasteiger partial charge in [0.2, 0.25) is 5.95 Å². The number of piperidine rings is 1. The maximum Gasteiger partial charge on any atom is 0.255 e. The Bertz CT molecular complexity index is 801. The normalized spacial score (nSPS) is 22.4. The van der Waals surface area contributed by atoms with Gasteiger partial charge in [-0.15, -0.1) is 0 Å². The van der Waals surface area contributed by atoms with Crippen molar-refractivity contribution in [3.05, 3.63) is 47.0 Å². The van der Waals surface area contributed by atoms with Crippen molar-refractivity contribution in [3.63, 3.8) is 0 Å². The van der Waals surface area contributed by atoms with Crippen molar-refractivity contribution >= 4 is 11.9 Å². The maximum atomic E-state index is 12.9. The molecule has 2 aliphatic rings. The molecule has 2 fully saturated rings. The SMILES string of the molecule is Cc1cc(C)nc(N2C[C@@H]3CCN(C(=O)c4cccnc4C)C[C@@H]32)n1. The van der Waals surface area contributed by atoms with Gasteiger partial charge in [-0.2, -0.15) is 0 Å². The fourth-order valence-electron chi connectivity index (χ4n) is 3.93. The van der Waals surface area contributed by atoms with Crippen LogP contribution >= 0.6 is 0 Å². The van der Waals surface area contributed by atoms with Gasteiger partial charge >= 0.3 is 0 Å². The molecule has 130 valence electrons. The van der Waals surface area contributed by atoms with Gasteiger partial charge in [-0.05, 0) is 45.4 Å². The largest absolute Gasteiger partial charge is 0.337 e. The number of carbonyl (C=O) groups excluding carboxylic acids is 1. The van der Waals surface area contributed by atoms with Crippen LogP contribution in [0.1, 0.15) is 33.9 Å². The van der Waals surface area contributed by atoms with Gasteiger partial charge in [-0.1, -0.05) is 0 Å². The van der Waals surface area contributed by atoms with Gasteiger partial charge in [0.15, 0.2) is 0 Å². The van der Waals surface area contributed by atoms with Crippen LogP contribution in [0.5, 0.6) is 0 Å². The minimum absolute atomic E-state index is 0.0808. The van der Waals surface area contributed by atoms with Crippen LogP contribution < -0.4 is 4.90 Å². The second kappa shape index (κ2) is 6.10. The van der Waals surface area contributed by atoms with Crippen molar-refractivity contribution in [3.8, 4) is 0 Å². The number of rotatable bonds is 2. The fraction of sp³-hybridized carbons (Fsp3) is 0.474. The van der Waals surface area contributed by atoms with Crippen LogP contribution in [0, 0.1) is 26.7 Å². The third-order valence-electron chi connectivity index (χ3n) is 5.30. The Balaban J connectivity index is 1.52. The smallest absolute Gasteiger partial charge is 0.255 e. The Labute approximate surface area is 147 Å². The third-order valence-corrected chi connectivity index (χ3v) is 5.30. The predicted octanol–water partition coefficient (Wildman–Crippen LogP) is 2.15. The topological polar surface area (TPSA) is 62.2 Å². The molecule has 4 heterocycles. The van der Waals surface area contributed by atoms with E-state index < -0.39 is 0 Å². The Morgan fingerprint density at radius 2 is 1.92 bits per heavy atom. The number of likely N-dealkylation sites (tertiary alicyclic amines) is 1. The Hall–Kier alpha value is -2.50. The van der Waals surface area contributed by atoms with Crippen LogP contribution in [-0.2, 0) is 0 Å². The first kappa shape index (κ1) is 16.0. The van der Waals surface area contributed by atoms with E-state index in [2.05, 4.69) is 19.9 Å². The maximum absolute atomic E-state index is 12.9. The highest BCUT2D eigenvalue weighted by Crippen LogP contribution is 2.35. The minimum Gasteiger partial charge on any atom is -0.337 e. The summed E-state index contributed by atoms with van der Waals surface area (Å²) in [6.45, 7) is 8.42. The molecule has 0 bridgehead atoms. The van der Waals surface area contributed by atoms with Gasteiger partial charge < -0.3 is 9.80 Å². The summed E-state index contributed by atoms with van der Waals surface area (Å²) in [5.74, 6) is 1.51. The lowest BCUT2D eigenvalue weighted by Crippen LogP contribution is -2.65. The molecule has 2 aliphatic heterocycles. The Kier molecular flexibility index (Phi) is 3.90. The van der Waals surface area contributed by atoms with Crippen LogP contribution in [0.15, 0.2) is 24.4 Å². The molecule has 0 radical (unpaired) electrons. The monoisotopic (exact) mass is 337 g/mol. The first-order chi connectivity index (χ1) is 12.0. The van der Waals surface area contributed by atoms with E-state index in [1.807, 2.05) is 43.9 Å². The summed E-state index contributed by atoms with van der Waals surface area (Å²) in [4.78, 5) is 30.5. The number of fused-ring (bicyclic) bond motifs is 1. The zero-order valence-electron chi connectivity index (χ0n) is 14.9. The summed E-state index contributed by atoms with van der Waals surface area (Å²) in [6, 6.07) is 5.99. The van der Waals surface area contributed by atoms with Crippen LogP contribution in [0.25, 0.3) is 0 Å². The zero-order valence-corrected chi connectivity index (χ0v) is 14.9. The van der Waals surface area contributed by atoms with Crippen molar-refractivity contribution in [2.24, 2.45) is 5.92 Å². The second-order valence-corrected chi connectivity index (χ2v) is 7.11. The summed E-state index contributed by atoms with van der Waals surface area (Å²) < 4.78 is 0. The lowest BCUT2D eigenvalue weighted by molar-refractivity contribution is 0.0588. The van der Waals surface area contributed by atoms with E-state index in [4.69, 9.17) is 0 Å². The number of pyridine rings is 1. The highest BCUT2D eigenvalue weighted by molar-refractivity contribution is 5.95. The van der Waals surface area contributed by atoms with Crippen molar-refractivity contribution < 1.29 is 4.79 Å². The van der Waals surface area contributed by atoms with Gasteiger partial charge in [0.25, 0.3) is 5.91 Å². The van der Waals surface area contributed by atoms with E-state index in [9.17, 15) is 4.79 Å². The molecule has 0 aliphatic carbocycles. The highest BCUT2D eigenvalue weighted by atomic mass is 16.2. The number of hydrogen-bond acceptors (Lipinski definition) is 5. The number of carbonyl (C=O) groups is 1. The Morgan fingerprint density at radius 1 is 1.16 bits per heavy atom. The molecule has 0 N–H and O–H groups in total. The number of aromatic nitrogens is 3. The van der Waals surface area contributed by atoms with E-state index in [1.54, 1.807) is 6.20 Å². The Morgan fingerprint density at radius 3 is 2.64 bits per heavy atom. The molecule has 0 unspecified atom stereocenters. The van der Waals surface area contributed by atoms with Crippen LogP contribution in [0.4, 0.5) is 5.95 Å².